The summed E-state index contributed by atoms with van der Waals surface area (Å²) in [4.78, 5) is 29.8. The van der Waals surface area contributed by atoms with Gasteiger partial charge in [-0.15, -0.1) is 0 Å². The van der Waals surface area contributed by atoms with Crippen molar-refractivity contribution in [2.75, 3.05) is 29.9 Å². The molecule has 0 spiro atoms. The third kappa shape index (κ3) is 4.58. The number of nitrogens with one attached hydrogen (secondary N) is 1. The molecule has 0 fully saturated rings. The molecule has 0 saturated carbocycles. The van der Waals surface area contributed by atoms with Crippen molar-refractivity contribution in [1.82, 2.24) is 4.90 Å². The van der Waals surface area contributed by atoms with Crippen LogP contribution in [0, 0.1) is 0 Å². The molecular formula is C25H31N3O3. The number of hydrogen-bond donors (Lipinski definition) is 1. The van der Waals surface area contributed by atoms with E-state index < -0.39 is 0 Å². The van der Waals surface area contributed by atoms with Gasteiger partial charge in [0.05, 0.1) is 12.2 Å². The van der Waals surface area contributed by atoms with Gasteiger partial charge < -0.3 is 15.0 Å². The lowest BCUT2D eigenvalue weighted by Crippen LogP contribution is -2.38. The monoisotopic (exact) mass is 421 g/mol. The number of carbonyl (C=O) groups excluding carboxylic acids is 2. The first-order chi connectivity index (χ1) is 14.9. The van der Waals surface area contributed by atoms with Gasteiger partial charge in [0.25, 0.3) is 11.8 Å². The molecule has 1 aliphatic rings. The van der Waals surface area contributed by atoms with Crippen molar-refractivity contribution in [2.45, 2.75) is 40.7 Å². The smallest absolute Gasteiger partial charge is 0.278 e. The van der Waals surface area contributed by atoms with E-state index in [1.165, 1.54) is 4.90 Å². The van der Waals surface area contributed by atoms with E-state index in [1.54, 1.807) is 0 Å². The predicted molar refractivity (Wildman–Crippen MR) is 125 cm³/mol. The lowest BCUT2D eigenvalue weighted by molar-refractivity contribution is -0.138. The van der Waals surface area contributed by atoms with Crippen LogP contribution in [-0.2, 0) is 9.59 Å². The van der Waals surface area contributed by atoms with Crippen molar-refractivity contribution in [3.05, 3.63) is 59.8 Å². The third-order valence-electron chi connectivity index (χ3n) is 5.35. The zero-order valence-corrected chi connectivity index (χ0v) is 18.9. The summed E-state index contributed by atoms with van der Waals surface area (Å²) in [6.45, 7) is 12.3. The van der Waals surface area contributed by atoms with Gasteiger partial charge in [0.2, 0.25) is 0 Å². The molecule has 2 aromatic carbocycles. The lowest BCUT2D eigenvalue weighted by atomic mass is 10.0. The van der Waals surface area contributed by atoms with Crippen molar-refractivity contribution >= 4 is 28.8 Å². The highest BCUT2D eigenvalue weighted by Gasteiger charge is 2.40. The Morgan fingerprint density at radius 3 is 2.03 bits per heavy atom. The number of nitrogens with zero attached hydrogens (tertiary/aromatic N) is 2. The standard InChI is InChI=1S/C25H31N3O3/c1-6-27(7-2)20-13-11-19(12-14-20)26-23-22(24(29)28(17(4)5)25(23)30)18-9-15-21(16-10-18)31-8-3/h9-17,26H,6-8H2,1-5H3. The molecular weight excluding hydrogens is 390 g/mol. The number of anilines is 2. The summed E-state index contributed by atoms with van der Waals surface area (Å²) >= 11 is 0. The van der Waals surface area contributed by atoms with Gasteiger partial charge in [-0.3, -0.25) is 14.5 Å². The van der Waals surface area contributed by atoms with Gasteiger partial charge in [0.1, 0.15) is 11.4 Å². The molecule has 1 aliphatic heterocycles. The number of rotatable bonds is 9. The molecule has 2 aromatic rings. The first-order valence-corrected chi connectivity index (χ1v) is 10.9. The van der Waals surface area contributed by atoms with Crippen LogP contribution in [0.2, 0.25) is 0 Å². The summed E-state index contributed by atoms with van der Waals surface area (Å²) in [5.41, 5.74) is 3.26. The molecule has 0 radical (unpaired) electrons. The molecule has 3 rings (SSSR count). The van der Waals surface area contributed by atoms with Gasteiger partial charge >= 0.3 is 0 Å². The van der Waals surface area contributed by atoms with Gasteiger partial charge in [-0.25, -0.2) is 0 Å². The quantitative estimate of drug-likeness (QED) is 0.603. The zero-order chi connectivity index (χ0) is 22.5. The maximum Gasteiger partial charge on any atom is 0.278 e. The van der Waals surface area contributed by atoms with Crippen LogP contribution in [-0.4, -0.2) is 42.5 Å². The number of benzene rings is 2. The number of ether oxygens (including phenoxy) is 1. The fourth-order valence-electron chi connectivity index (χ4n) is 3.77. The Bertz CT molecular complexity index is 959. The van der Waals surface area contributed by atoms with Crippen LogP contribution in [0.1, 0.15) is 40.2 Å². The SMILES string of the molecule is CCOc1ccc(C2=C(Nc3ccc(N(CC)CC)cc3)C(=O)N(C(C)C)C2=O)cc1. The Morgan fingerprint density at radius 1 is 0.903 bits per heavy atom. The maximum absolute atomic E-state index is 13.2. The highest BCUT2D eigenvalue weighted by molar-refractivity contribution is 6.36. The van der Waals surface area contributed by atoms with Crippen LogP contribution >= 0.6 is 0 Å². The minimum atomic E-state index is -0.309. The fraction of sp³-hybridized carbons (Fsp3) is 0.360. The van der Waals surface area contributed by atoms with E-state index >= 15 is 0 Å². The Hall–Kier alpha value is -3.28. The molecule has 1 N–H and O–H groups in total. The molecule has 0 atom stereocenters. The number of amides is 2. The second-order valence-corrected chi connectivity index (χ2v) is 7.63. The van der Waals surface area contributed by atoms with E-state index in [1.807, 2.05) is 69.3 Å². The second kappa shape index (κ2) is 9.69. The van der Waals surface area contributed by atoms with Crippen LogP contribution in [0.5, 0.6) is 5.75 Å². The van der Waals surface area contributed by atoms with Gasteiger partial charge in [0, 0.05) is 30.5 Å². The largest absolute Gasteiger partial charge is 0.494 e. The summed E-state index contributed by atoms with van der Waals surface area (Å²) in [6, 6.07) is 15.0. The van der Waals surface area contributed by atoms with Crippen molar-refractivity contribution in [2.24, 2.45) is 0 Å². The predicted octanol–water partition coefficient (Wildman–Crippen LogP) is 4.53. The van der Waals surface area contributed by atoms with Crippen molar-refractivity contribution in [3.8, 4) is 5.75 Å². The minimum Gasteiger partial charge on any atom is -0.494 e. The summed E-state index contributed by atoms with van der Waals surface area (Å²) in [6.07, 6.45) is 0. The van der Waals surface area contributed by atoms with Crippen LogP contribution in [0.15, 0.2) is 54.2 Å². The van der Waals surface area contributed by atoms with Crippen LogP contribution < -0.4 is 15.0 Å². The molecule has 164 valence electrons. The number of carbonyl (C=O) groups is 2. The molecule has 0 aromatic heterocycles. The van der Waals surface area contributed by atoms with Crippen molar-refractivity contribution in [1.29, 1.82) is 0 Å². The Balaban J connectivity index is 1.97. The molecule has 0 unspecified atom stereocenters. The molecule has 2 amide bonds. The highest BCUT2D eigenvalue weighted by atomic mass is 16.5. The van der Waals surface area contributed by atoms with Crippen molar-refractivity contribution in [3.63, 3.8) is 0 Å². The van der Waals surface area contributed by atoms with E-state index in [2.05, 4.69) is 24.1 Å². The van der Waals surface area contributed by atoms with Gasteiger partial charge in [-0.1, -0.05) is 12.1 Å². The Kier molecular flexibility index (Phi) is 7.00. The second-order valence-electron chi connectivity index (χ2n) is 7.63. The normalized spacial score (nSPS) is 13.9. The maximum atomic E-state index is 13.2. The average Bonchev–Trinajstić information content (AvgIpc) is 3.00. The summed E-state index contributed by atoms with van der Waals surface area (Å²) in [5, 5.41) is 3.21. The number of imide groups is 1. The topological polar surface area (TPSA) is 61.9 Å². The van der Waals surface area contributed by atoms with E-state index in [0.29, 0.717) is 23.4 Å². The Morgan fingerprint density at radius 2 is 1.52 bits per heavy atom. The molecule has 0 saturated heterocycles. The first kappa shape index (κ1) is 22.4. The number of hydrogen-bond acceptors (Lipinski definition) is 5. The minimum absolute atomic E-state index is 0.234. The average molecular weight is 422 g/mol. The molecule has 0 aliphatic carbocycles. The van der Waals surface area contributed by atoms with E-state index in [-0.39, 0.29) is 17.9 Å². The van der Waals surface area contributed by atoms with Crippen molar-refractivity contribution < 1.29 is 14.3 Å². The molecule has 6 heteroatoms. The highest BCUT2D eigenvalue weighted by Crippen LogP contribution is 2.32. The zero-order valence-electron chi connectivity index (χ0n) is 18.9. The molecule has 0 bridgehead atoms. The van der Waals surface area contributed by atoms with E-state index in [9.17, 15) is 9.59 Å². The molecule has 31 heavy (non-hydrogen) atoms. The lowest BCUT2D eigenvalue weighted by Gasteiger charge is -2.21. The van der Waals surface area contributed by atoms with Gasteiger partial charge in [-0.05, 0) is 76.6 Å². The fourth-order valence-corrected chi connectivity index (χ4v) is 3.77. The first-order valence-electron chi connectivity index (χ1n) is 10.9. The Labute approximate surface area is 184 Å². The molecule has 1 heterocycles. The van der Waals surface area contributed by atoms with E-state index in [4.69, 9.17) is 4.74 Å². The van der Waals surface area contributed by atoms with Crippen LogP contribution in [0.3, 0.4) is 0 Å². The van der Waals surface area contributed by atoms with E-state index in [0.717, 1.165) is 30.2 Å². The van der Waals surface area contributed by atoms with Crippen LogP contribution in [0.4, 0.5) is 11.4 Å². The summed E-state index contributed by atoms with van der Waals surface area (Å²) < 4.78 is 5.50. The molecule has 6 nitrogen and oxygen atoms in total. The third-order valence-corrected chi connectivity index (χ3v) is 5.35. The summed E-state index contributed by atoms with van der Waals surface area (Å²) in [7, 11) is 0. The van der Waals surface area contributed by atoms with Gasteiger partial charge in [-0.2, -0.15) is 0 Å². The van der Waals surface area contributed by atoms with Gasteiger partial charge in [0.15, 0.2) is 0 Å². The van der Waals surface area contributed by atoms with Crippen LogP contribution in [0.25, 0.3) is 5.57 Å². The summed E-state index contributed by atoms with van der Waals surface area (Å²) in [5.74, 6) is 0.133.